The van der Waals surface area contributed by atoms with Crippen molar-refractivity contribution in [2.75, 3.05) is 10.2 Å². The number of nitrogens with one attached hydrogen (secondary N) is 1. The van der Waals surface area contributed by atoms with Crippen LogP contribution in [0.3, 0.4) is 0 Å². The molecule has 1 unspecified atom stereocenters. The van der Waals surface area contributed by atoms with E-state index in [9.17, 15) is 0 Å². The second kappa shape index (κ2) is 10.9. The predicted octanol–water partition coefficient (Wildman–Crippen LogP) is 13.2. The van der Waals surface area contributed by atoms with E-state index >= 15 is 0 Å². The summed E-state index contributed by atoms with van der Waals surface area (Å²) < 4.78 is 12.7. The summed E-state index contributed by atoms with van der Waals surface area (Å²) in [5.74, 6) is 0. The lowest BCUT2D eigenvalue weighted by Crippen LogP contribution is -2.23. The van der Waals surface area contributed by atoms with Crippen LogP contribution in [0.2, 0.25) is 0 Å². The van der Waals surface area contributed by atoms with Crippen LogP contribution in [0.4, 0.5) is 17.1 Å². The Bertz CT molecular complexity index is 2970. The second-order valence-electron chi connectivity index (χ2n) is 13.4. The van der Waals surface area contributed by atoms with Crippen molar-refractivity contribution in [3.63, 3.8) is 0 Å². The van der Waals surface area contributed by atoms with E-state index in [1.54, 1.807) is 0 Å². The van der Waals surface area contributed by atoms with Crippen molar-refractivity contribution in [2.24, 2.45) is 0 Å². The lowest BCUT2D eigenvalue weighted by atomic mass is 9.96. The molecule has 0 fully saturated rings. The average Bonchev–Trinajstić information content (AvgIpc) is 3.89. The van der Waals surface area contributed by atoms with Crippen LogP contribution in [-0.4, -0.2) is 0 Å². The molecule has 0 amide bonds. The van der Waals surface area contributed by atoms with E-state index < -0.39 is 0 Å². The van der Waals surface area contributed by atoms with Gasteiger partial charge in [-0.2, -0.15) is 0 Å². The Morgan fingerprint density at radius 3 is 1.86 bits per heavy atom. The maximum atomic E-state index is 6.40. The molecule has 11 rings (SSSR count). The van der Waals surface area contributed by atoms with E-state index in [0.717, 1.165) is 60.8 Å². The van der Waals surface area contributed by atoms with Gasteiger partial charge in [-0.1, -0.05) is 103 Å². The third-order valence-corrected chi connectivity index (χ3v) is 10.4. The fourth-order valence-corrected chi connectivity index (χ4v) is 7.95. The first-order chi connectivity index (χ1) is 25.2. The van der Waals surface area contributed by atoms with Crippen molar-refractivity contribution in [2.45, 2.75) is 6.17 Å². The summed E-state index contributed by atoms with van der Waals surface area (Å²) in [4.78, 5) is 2.40. The van der Waals surface area contributed by atoms with Gasteiger partial charge in [-0.05, 0) is 105 Å². The number of rotatable bonds is 4. The third kappa shape index (κ3) is 4.40. The average molecular weight is 655 g/mol. The zero-order valence-corrected chi connectivity index (χ0v) is 27.5. The SMILES string of the molecule is c1ccc(C2Nc3ccccc3N2c2cccc(-c3ccc4cc(-c5ccc6oc7c(ccc8c9ccccc9oc87)c6c5)ccc4c3)c2)cc1. The minimum Gasteiger partial charge on any atom is -0.452 e. The molecule has 1 N–H and O–H groups in total. The molecule has 51 heavy (non-hydrogen) atoms. The van der Waals surface area contributed by atoms with Gasteiger partial charge in [0.25, 0.3) is 0 Å². The molecular weight excluding hydrogens is 625 g/mol. The smallest absolute Gasteiger partial charge is 0.178 e. The highest BCUT2D eigenvalue weighted by Crippen LogP contribution is 2.47. The molecular formula is C47H30N2O2. The summed E-state index contributed by atoms with van der Waals surface area (Å²) in [6.45, 7) is 0. The standard InChI is InChI=1S/C47H30N2O2/c1-2-9-29(10-3-1)47-48-41-14-5-6-15-42(41)49(47)36-12-8-11-30(27-36)31-17-18-33-26-34(20-19-32(33)25-31)35-21-24-44-40(28-35)39-23-22-38-37-13-4-7-16-43(37)50-45(38)46(39)51-44/h1-28,47-48H. The van der Waals surface area contributed by atoms with Gasteiger partial charge in [0.05, 0.1) is 11.4 Å². The van der Waals surface area contributed by atoms with Crippen LogP contribution in [0.5, 0.6) is 0 Å². The van der Waals surface area contributed by atoms with Crippen LogP contribution in [0.25, 0.3) is 76.9 Å². The second-order valence-corrected chi connectivity index (χ2v) is 13.4. The molecule has 3 heterocycles. The number of benzene rings is 8. The van der Waals surface area contributed by atoms with Gasteiger partial charge in [0.2, 0.25) is 0 Å². The van der Waals surface area contributed by atoms with Gasteiger partial charge in [-0.25, -0.2) is 0 Å². The molecule has 0 radical (unpaired) electrons. The summed E-state index contributed by atoms with van der Waals surface area (Å²) >= 11 is 0. The fraction of sp³-hybridized carbons (Fsp3) is 0.0213. The van der Waals surface area contributed by atoms with Crippen LogP contribution >= 0.6 is 0 Å². The Labute approximate surface area is 293 Å². The van der Waals surface area contributed by atoms with E-state index in [4.69, 9.17) is 8.83 Å². The van der Waals surface area contributed by atoms with Crippen molar-refractivity contribution in [1.82, 2.24) is 0 Å². The molecule has 1 aliphatic heterocycles. The quantitative estimate of drug-likeness (QED) is 0.205. The molecule has 0 saturated carbocycles. The van der Waals surface area contributed by atoms with E-state index in [0.29, 0.717) is 0 Å². The highest BCUT2D eigenvalue weighted by atomic mass is 16.4. The van der Waals surface area contributed by atoms with Crippen molar-refractivity contribution in [3.05, 3.63) is 175 Å². The van der Waals surface area contributed by atoms with Crippen LogP contribution in [0.1, 0.15) is 11.7 Å². The summed E-state index contributed by atoms with van der Waals surface area (Å²) in [5, 5.41) is 10.5. The number of hydrogen-bond acceptors (Lipinski definition) is 4. The van der Waals surface area contributed by atoms with Gasteiger partial charge in [0.15, 0.2) is 11.2 Å². The van der Waals surface area contributed by atoms with Gasteiger partial charge in [0.1, 0.15) is 17.3 Å². The molecule has 4 nitrogen and oxygen atoms in total. The molecule has 0 aliphatic carbocycles. The van der Waals surface area contributed by atoms with Crippen molar-refractivity contribution >= 4 is 71.7 Å². The minimum absolute atomic E-state index is 0.0133. The van der Waals surface area contributed by atoms with Crippen molar-refractivity contribution in [3.8, 4) is 22.3 Å². The zero-order chi connectivity index (χ0) is 33.5. The van der Waals surface area contributed by atoms with Crippen molar-refractivity contribution < 1.29 is 8.83 Å². The highest BCUT2D eigenvalue weighted by Gasteiger charge is 2.31. The van der Waals surface area contributed by atoms with Gasteiger partial charge in [-0.15, -0.1) is 0 Å². The van der Waals surface area contributed by atoms with Crippen molar-refractivity contribution in [1.29, 1.82) is 0 Å². The largest absolute Gasteiger partial charge is 0.452 e. The number of fused-ring (bicyclic) bond motifs is 9. The predicted molar refractivity (Wildman–Crippen MR) is 211 cm³/mol. The first-order valence-electron chi connectivity index (χ1n) is 17.4. The van der Waals surface area contributed by atoms with E-state index in [2.05, 4.69) is 162 Å². The number of hydrogen-bond donors (Lipinski definition) is 1. The van der Waals surface area contributed by atoms with Gasteiger partial charge in [0, 0.05) is 27.2 Å². The summed E-state index contributed by atoms with van der Waals surface area (Å²) in [7, 11) is 0. The van der Waals surface area contributed by atoms with E-state index in [1.165, 1.54) is 38.7 Å². The van der Waals surface area contributed by atoms with Crippen LogP contribution < -0.4 is 10.2 Å². The normalized spacial score (nSPS) is 14.2. The first kappa shape index (κ1) is 28.1. The topological polar surface area (TPSA) is 41.5 Å². The fourth-order valence-electron chi connectivity index (χ4n) is 7.95. The molecule has 4 heteroatoms. The lowest BCUT2D eigenvalue weighted by molar-refractivity contribution is 0.633. The van der Waals surface area contributed by atoms with Crippen LogP contribution in [0.15, 0.2) is 179 Å². The minimum atomic E-state index is 0.0133. The molecule has 8 aromatic carbocycles. The van der Waals surface area contributed by atoms with Gasteiger partial charge >= 0.3 is 0 Å². The molecule has 1 aliphatic rings. The summed E-state index contributed by atoms with van der Waals surface area (Å²) in [6.07, 6.45) is 0.0133. The molecule has 240 valence electrons. The Morgan fingerprint density at radius 2 is 1.06 bits per heavy atom. The lowest BCUT2D eigenvalue weighted by Gasteiger charge is -2.28. The van der Waals surface area contributed by atoms with E-state index in [1.807, 2.05) is 18.2 Å². The summed E-state index contributed by atoms with van der Waals surface area (Å²) in [5.41, 5.74) is 12.7. The Balaban J connectivity index is 0.945. The summed E-state index contributed by atoms with van der Waals surface area (Å²) in [6, 6.07) is 60.5. The van der Waals surface area contributed by atoms with Gasteiger partial charge < -0.3 is 19.1 Å². The Hall–Kier alpha value is -6.78. The third-order valence-electron chi connectivity index (χ3n) is 10.4. The molecule has 0 spiro atoms. The maximum absolute atomic E-state index is 6.40. The Morgan fingerprint density at radius 1 is 0.431 bits per heavy atom. The molecule has 0 bridgehead atoms. The molecule has 10 aromatic rings. The molecule has 1 atom stereocenters. The van der Waals surface area contributed by atoms with E-state index in [-0.39, 0.29) is 6.17 Å². The molecule has 0 saturated heterocycles. The highest BCUT2D eigenvalue weighted by molar-refractivity contribution is 6.19. The number of furan rings is 2. The first-order valence-corrected chi connectivity index (χ1v) is 17.4. The maximum Gasteiger partial charge on any atom is 0.178 e. The van der Waals surface area contributed by atoms with Gasteiger partial charge in [-0.3, -0.25) is 0 Å². The van der Waals surface area contributed by atoms with Crippen LogP contribution in [0, 0.1) is 0 Å². The number of nitrogens with zero attached hydrogens (tertiary/aromatic N) is 1. The molecule has 2 aromatic heterocycles. The monoisotopic (exact) mass is 654 g/mol. The van der Waals surface area contributed by atoms with Crippen LogP contribution in [-0.2, 0) is 0 Å². The zero-order valence-electron chi connectivity index (χ0n) is 27.5. The number of anilines is 3. The number of para-hydroxylation sites is 3. The Kier molecular flexibility index (Phi) is 5.98.